The molecule has 0 atom stereocenters. The molecule has 32 heavy (non-hydrogen) atoms. The van der Waals surface area contributed by atoms with Crippen LogP contribution >= 0.6 is 0 Å². The summed E-state index contributed by atoms with van der Waals surface area (Å²) in [4.78, 5) is 24.1. The SMILES string of the molecule is Cc1cccc(-c2ccc(CC(=O)NCCCNc3n[nH]c(=O)c4ccccc34)cc2)c1. The first-order valence-electron chi connectivity index (χ1n) is 10.7. The van der Waals surface area contributed by atoms with Gasteiger partial charge in [-0.05, 0) is 36.1 Å². The number of hydrogen-bond acceptors (Lipinski definition) is 4. The Bertz CT molecular complexity index is 1280. The summed E-state index contributed by atoms with van der Waals surface area (Å²) in [6.07, 6.45) is 1.10. The summed E-state index contributed by atoms with van der Waals surface area (Å²) in [6.45, 7) is 3.28. The molecule has 0 saturated carbocycles. The van der Waals surface area contributed by atoms with E-state index in [9.17, 15) is 9.59 Å². The van der Waals surface area contributed by atoms with Gasteiger partial charge in [-0.2, -0.15) is 5.10 Å². The zero-order valence-corrected chi connectivity index (χ0v) is 18.0. The third-order valence-electron chi connectivity index (χ3n) is 5.33. The predicted octanol–water partition coefficient (Wildman–Crippen LogP) is 4.06. The molecule has 0 fully saturated rings. The molecule has 162 valence electrons. The fourth-order valence-corrected chi connectivity index (χ4v) is 3.66. The first-order chi connectivity index (χ1) is 15.6. The van der Waals surface area contributed by atoms with Crippen LogP contribution in [0.15, 0.2) is 77.6 Å². The monoisotopic (exact) mass is 426 g/mol. The second kappa shape index (κ2) is 9.92. The highest BCUT2D eigenvalue weighted by atomic mass is 16.1. The standard InChI is InChI=1S/C26H26N4O2/c1-18-6-4-7-21(16-18)20-12-10-19(11-13-20)17-24(31)27-14-5-15-28-25-22-8-2-3-9-23(22)26(32)30-29-25/h2-4,6-13,16H,5,14-15,17H2,1H3,(H,27,31)(H,28,29)(H,30,32). The van der Waals surface area contributed by atoms with E-state index >= 15 is 0 Å². The number of hydrogen-bond donors (Lipinski definition) is 3. The maximum Gasteiger partial charge on any atom is 0.272 e. The summed E-state index contributed by atoms with van der Waals surface area (Å²) in [5.74, 6) is 0.640. The van der Waals surface area contributed by atoms with Gasteiger partial charge >= 0.3 is 0 Å². The van der Waals surface area contributed by atoms with Crippen LogP contribution in [0.2, 0.25) is 0 Å². The topological polar surface area (TPSA) is 86.9 Å². The molecule has 0 radical (unpaired) electrons. The molecule has 0 bridgehead atoms. The number of aryl methyl sites for hydroxylation is 1. The molecule has 0 aliphatic rings. The van der Waals surface area contributed by atoms with Gasteiger partial charge in [0.05, 0.1) is 11.8 Å². The number of fused-ring (bicyclic) bond motifs is 1. The first-order valence-corrected chi connectivity index (χ1v) is 10.7. The molecule has 0 saturated heterocycles. The van der Waals surface area contributed by atoms with Crippen molar-refractivity contribution >= 4 is 22.5 Å². The van der Waals surface area contributed by atoms with Crippen LogP contribution in [0.5, 0.6) is 0 Å². The summed E-state index contributed by atoms with van der Waals surface area (Å²) in [7, 11) is 0. The van der Waals surface area contributed by atoms with Gasteiger partial charge in [0.2, 0.25) is 5.91 Å². The number of aromatic nitrogens is 2. The molecule has 0 aliphatic heterocycles. The number of anilines is 1. The molecule has 4 aromatic rings. The molecule has 0 unspecified atom stereocenters. The number of H-pyrrole nitrogens is 1. The van der Waals surface area contributed by atoms with Crippen LogP contribution in [0.3, 0.4) is 0 Å². The van der Waals surface area contributed by atoms with Gasteiger partial charge in [0.15, 0.2) is 5.82 Å². The maximum absolute atomic E-state index is 12.3. The van der Waals surface area contributed by atoms with Crippen molar-refractivity contribution in [3.05, 3.63) is 94.3 Å². The van der Waals surface area contributed by atoms with E-state index in [1.807, 2.05) is 30.3 Å². The zero-order chi connectivity index (χ0) is 22.3. The summed E-state index contributed by atoms with van der Waals surface area (Å²) < 4.78 is 0. The summed E-state index contributed by atoms with van der Waals surface area (Å²) in [6, 6.07) is 23.8. The number of aromatic amines is 1. The average molecular weight is 427 g/mol. The van der Waals surface area contributed by atoms with E-state index < -0.39 is 0 Å². The summed E-state index contributed by atoms with van der Waals surface area (Å²) >= 11 is 0. The average Bonchev–Trinajstić information content (AvgIpc) is 2.81. The van der Waals surface area contributed by atoms with Gasteiger partial charge in [0.25, 0.3) is 5.56 Å². The summed E-state index contributed by atoms with van der Waals surface area (Å²) in [5, 5.41) is 14.2. The van der Waals surface area contributed by atoms with E-state index in [4.69, 9.17) is 0 Å². The number of carbonyl (C=O) groups is 1. The van der Waals surface area contributed by atoms with Gasteiger partial charge in [0, 0.05) is 18.5 Å². The lowest BCUT2D eigenvalue weighted by atomic mass is 10.0. The third kappa shape index (κ3) is 5.21. The Morgan fingerprint density at radius 2 is 1.69 bits per heavy atom. The van der Waals surface area contributed by atoms with E-state index in [2.05, 4.69) is 64.2 Å². The first kappa shape index (κ1) is 21.3. The lowest BCUT2D eigenvalue weighted by Gasteiger charge is -2.09. The normalized spacial score (nSPS) is 10.8. The largest absolute Gasteiger partial charge is 0.368 e. The Hall–Kier alpha value is -3.93. The van der Waals surface area contributed by atoms with Crippen molar-refractivity contribution in [2.45, 2.75) is 19.8 Å². The van der Waals surface area contributed by atoms with Crippen LogP contribution in [0.25, 0.3) is 21.9 Å². The molecule has 0 aliphatic carbocycles. The predicted molar refractivity (Wildman–Crippen MR) is 129 cm³/mol. The number of benzene rings is 3. The fourth-order valence-electron chi connectivity index (χ4n) is 3.66. The molecule has 3 aromatic carbocycles. The van der Waals surface area contributed by atoms with Gasteiger partial charge in [-0.3, -0.25) is 9.59 Å². The highest BCUT2D eigenvalue weighted by Gasteiger charge is 2.06. The number of rotatable bonds is 8. The van der Waals surface area contributed by atoms with Gasteiger partial charge in [-0.25, -0.2) is 5.10 Å². The van der Waals surface area contributed by atoms with E-state index in [1.165, 1.54) is 11.1 Å². The second-order valence-electron chi connectivity index (χ2n) is 7.82. The molecule has 6 heteroatoms. The minimum Gasteiger partial charge on any atom is -0.368 e. The molecule has 1 heterocycles. The molecule has 6 nitrogen and oxygen atoms in total. The maximum atomic E-state index is 12.3. The summed E-state index contributed by atoms with van der Waals surface area (Å²) in [5.41, 5.74) is 4.34. The van der Waals surface area contributed by atoms with Crippen LogP contribution in [0.1, 0.15) is 17.5 Å². The van der Waals surface area contributed by atoms with Crippen LogP contribution in [-0.4, -0.2) is 29.2 Å². The minimum atomic E-state index is -0.203. The number of nitrogens with one attached hydrogen (secondary N) is 3. The second-order valence-corrected chi connectivity index (χ2v) is 7.82. The smallest absolute Gasteiger partial charge is 0.272 e. The van der Waals surface area contributed by atoms with Crippen LogP contribution in [-0.2, 0) is 11.2 Å². The Kier molecular flexibility index (Phi) is 6.60. The van der Waals surface area contributed by atoms with E-state index in [0.717, 1.165) is 22.9 Å². The van der Waals surface area contributed by atoms with Crippen molar-refractivity contribution in [1.82, 2.24) is 15.5 Å². The third-order valence-corrected chi connectivity index (χ3v) is 5.33. The number of amides is 1. The van der Waals surface area contributed by atoms with Gasteiger partial charge in [-0.15, -0.1) is 0 Å². The van der Waals surface area contributed by atoms with Crippen LogP contribution in [0.4, 0.5) is 5.82 Å². The van der Waals surface area contributed by atoms with Crippen LogP contribution < -0.4 is 16.2 Å². The molecular weight excluding hydrogens is 400 g/mol. The number of nitrogens with zero attached hydrogens (tertiary/aromatic N) is 1. The highest BCUT2D eigenvalue weighted by molar-refractivity contribution is 5.90. The zero-order valence-electron chi connectivity index (χ0n) is 18.0. The molecule has 1 aromatic heterocycles. The molecular formula is C26H26N4O2. The highest BCUT2D eigenvalue weighted by Crippen LogP contribution is 2.21. The van der Waals surface area contributed by atoms with Gasteiger partial charge < -0.3 is 10.6 Å². The van der Waals surface area contributed by atoms with Gasteiger partial charge in [-0.1, -0.05) is 72.3 Å². The van der Waals surface area contributed by atoms with E-state index in [1.54, 1.807) is 6.07 Å². The van der Waals surface area contributed by atoms with Crippen molar-refractivity contribution in [2.24, 2.45) is 0 Å². The van der Waals surface area contributed by atoms with Crippen molar-refractivity contribution in [3.8, 4) is 11.1 Å². The van der Waals surface area contributed by atoms with Crippen molar-refractivity contribution in [2.75, 3.05) is 18.4 Å². The fraction of sp³-hybridized carbons (Fsp3) is 0.192. The lowest BCUT2D eigenvalue weighted by Crippen LogP contribution is -2.27. The number of carbonyl (C=O) groups excluding carboxylic acids is 1. The lowest BCUT2D eigenvalue weighted by molar-refractivity contribution is -0.120. The van der Waals surface area contributed by atoms with Crippen molar-refractivity contribution < 1.29 is 4.79 Å². The van der Waals surface area contributed by atoms with Crippen LogP contribution in [0, 0.1) is 6.92 Å². The Balaban J connectivity index is 1.23. The molecule has 3 N–H and O–H groups in total. The van der Waals surface area contributed by atoms with E-state index in [-0.39, 0.29) is 11.5 Å². The quantitative estimate of drug-likeness (QED) is 0.371. The Labute approximate surface area is 186 Å². The Morgan fingerprint density at radius 3 is 2.47 bits per heavy atom. The molecule has 4 rings (SSSR count). The minimum absolute atomic E-state index is 0.000853. The molecule has 1 amide bonds. The van der Waals surface area contributed by atoms with Gasteiger partial charge in [0.1, 0.15) is 0 Å². The van der Waals surface area contributed by atoms with Crippen molar-refractivity contribution in [1.29, 1.82) is 0 Å². The molecule has 0 spiro atoms. The Morgan fingerprint density at radius 1 is 0.906 bits per heavy atom. The van der Waals surface area contributed by atoms with Crippen molar-refractivity contribution in [3.63, 3.8) is 0 Å². The van der Waals surface area contributed by atoms with E-state index in [0.29, 0.717) is 30.7 Å².